The number of morpholine rings is 1. The second-order valence-corrected chi connectivity index (χ2v) is 4.86. The highest BCUT2D eigenvalue weighted by Crippen LogP contribution is 2.13. The number of carbonyl (C=O) groups is 1. The summed E-state index contributed by atoms with van der Waals surface area (Å²) in [4.78, 5) is 18.4. The minimum atomic E-state index is -0.244. The maximum atomic E-state index is 12.4. The number of rotatable bonds is 3. The average Bonchev–Trinajstić information content (AvgIpc) is 2.90. The van der Waals surface area contributed by atoms with Gasteiger partial charge in [-0.15, -0.1) is 0 Å². The maximum Gasteiger partial charge on any atom is 0.243 e. The van der Waals surface area contributed by atoms with Gasteiger partial charge in [-0.25, -0.2) is 4.98 Å². The van der Waals surface area contributed by atoms with E-state index in [4.69, 9.17) is 4.74 Å². The first kappa shape index (κ1) is 13.1. The first-order chi connectivity index (χ1) is 9.79. The molecule has 1 aromatic heterocycles. The zero-order chi connectivity index (χ0) is 13.9. The molecular formula is C14H17N3O3. The van der Waals surface area contributed by atoms with Gasteiger partial charge in [0.25, 0.3) is 0 Å². The van der Waals surface area contributed by atoms with E-state index in [0.29, 0.717) is 19.8 Å². The summed E-state index contributed by atoms with van der Waals surface area (Å²) in [5.41, 5.74) is 1.82. The molecule has 6 heteroatoms. The van der Waals surface area contributed by atoms with Crippen LogP contribution in [0.15, 0.2) is 30.6 Å². The summed E-state index contributed by atoms with van der Waals surface area (Å²) in [6.45, 7) is 1.60. The highest BCUT2D eigenvalue weighted by atomic mass is 16.5. The molecule has 1 saturated heterocycles. The normalized spacial score (nSPS) is 19.4. The average molecular weight is 275 g/mol. The number of aliphatic hydroxyl groups excluding tert-OH is 1. The summed E-state index contributed by atoms with van der Waals surface area (Å²) < 4.78 is 7.12. The number of hydrogen-bond acceptors (Lipinski definition) is 4. The van der Waals surface area contributed by atoms with Crippen molar-refractivity contribution in [3.63, 3.8) is 0 Å². The SMILES string of the molecule is O=C(Cn1cnc2ccccc21)N1CCOCC1CO. The van der Waals surface area contributed by atoms with E-state index in [0.717, 1.165) is 11.0 Å². The van der Waals surface area contributed by atoms with Crippen molar-refractivity contribution in [2.45, 2.75) is 12.6 Å². The monoisotopic (exact) mass is 275 g/mol. The van der Waals surface area contributed by atoms with Gasteiger partial charge in [0.15, 0.2) is 0 Å². The van der Waals surface area contributed by atoms with Gasteiger partial charge >= 0.3 is 0 Å². The van der Waals surface area contributed by atoms with Gasteiger partial charge in [0.2, 0.25) is 5.91 Å². The summed E-state index contributed by atoms with van der Waals surface area (Å²) >= 11 is 0. The molecule has 0 saturated carbocycles. The number of amides is 1. The predicted molar refractivity (Wildman–Crippen MR) is 73.1 cm³/mol. The molecule has 20 heavy (non-hydrogen) atoms. The van der Waals surface area contributed by atoms with E-state index in [1.54, 1.807) is 11.2 Å². The molecule has 0 aliphatic carbocycles. The number of fused-ring (bicyclic) bond motifs is 1. The standard InChI is InChI=1S/C14H17N3O3/c18-8-11-9-20-6-5-17(11)14(19)7-16-10-15-12-3-1-2-4-13(12)16/h1-4,10-11,18H,5-9H2. The molecule has 6 nitrogen and oxygen atoms in total. The van der Waals surface area contributed by atoms with Crippen LogP contribution < -0.4 is 0 Å². The third-order valence-electron chi connectivity index (χ3n) is 3.59. The number of aromatic nitrogens is 2. The van der Waals surface area contributed by atoms with Gasteiger partial charge in [0.05, 0.1) is 43.2 Å². The number of nitrogens with zero attached hydrogens (tertiary/aromatic N) is 3. The van der Waals surface area contributed by atoms with Crippen LogP contribution in [0.4, 0.5) is 0 Å². The van der Waals surface area contributed by atoms with Crippen molar-refractivity contribution in [2.75, 3.05) is 26.4 Å². The van der Waals surface area contributed by atoms with Crippen LogP contribution in [0, 0.1) is 0 Å². The van der Waals surface area contributed by atoms with Crippen molar-refractivity contribution < 1.29 is 14.6 Å². The Balaban J connectivity index is 1.78. The lowest BCUT2D eigenvalue weighted by Crippen LogP contribution is -2.51. The Morgan fingerprint density at radius 1 is 1.45 bits per heavy atom. The fourth-order valence-corrected chi connectivity index (χ4v) is 2.51. The third kappa shape index (κ3) is 2.39. The Hall–Kier alpha value is -1.92. The molecule has 2 heterocycles. The van der Waals surface area contributed by atoms with Crippen LogP contribution in [0.1, 0.15) is 0 Å². The molecule has 1 amide bonds. The zero-order valence-corrected chi connectivity index (χ0v) is 11.1. The van der Waals surface area contributed by atoms with Crippen LogP contribution in [-0.4, -0.2) is 57.9 Å². The quantitative estimate of drug-likeness (QED) is 0.872. The minimum absolute atomic E-state index is 0.0181. The molecule has 1 aliphatic rings. The number of imidazole rings is 1. The van der Waals surface area contributed by atoms with Gasteiger partial charge < -0.3 is 19.3 Å². The zero-order valence-electron chi connectivity index (χ0n) is 11.1. The predicted octanol–water partition coefficient (Wildman–Crippen LogP) is 0.256. The van der Waals surface area contributed by atoms with E-state index in [9.17, 15) is 9.90 Å². The van der Waals surface area contributed by atoms with Crippen molar-refractivity contribution >= 4 is 16.9 Å². The van der Waals surface area contributed by atoms with Crippen LogP contribution in [-0.2, 0) is 16.1 Å². The summed E-state index contributed by atoms with van der Waals surface area (Å²) in [5.74, 6) is -0.0181. The third-order valence-corrected chi connectivity index (χ3v) is 3.59. The van der Waals surface area contributed by atoms with Crippen LogP contribution >= 0.6 is 0 Å². The topological polar surface area (TPSA) is 67.6 Å². The number of benzene rings is 1. The van der Waals surface area contributed by atoms with Crippen molar-refractivity contribution in [1.82, 2.24) is 14.5 Å². The fourth-order valence-electron chi connectivity index (χ4n) is 2.51. The van der Waals surface area contributed by atoms with Gasteiger partial charge in [-0.05, 0) is 12.1 Å². The second kappa shape index (κ2) is 5.60. The van der Waals surface area contributed by atoms with Crippen molar-refractivity contribution in [2.24, 2.45) is 0 Å². The molecule has 2 aromatic rings. The Morgan fingerprint density at radius 2 is 2.30 bits per heavy atom. The molecule has 1 aromatic carbocycles. The lowest BCUT2D eigenvalue weighted by atomic mass is 10.2. The van der Waals surface area contributed by atoms with Crippen molar-refractivity contribution in [3.05, 3.63) is 30.6 Å². The van der Waals surface area contributed by atoms with Gasteiger partial charge in [-0.3, -0.25) is 4.79 Å². The molecule has 1 atom stereocenters. The number of para-hydroxylation sites is 2. The molecule has 0 radical (unpaired) electrons. The van der Waals surface area contributed by atoms with Gasteiger partial charge in [0.1, 0.15) is 6.54 Å². The lowest BCUT2D eigenvalue weighted by Gasteiger charge is -2.34. The van der Waals surface area contributed by atoms with Gasteiger partial charge in [-0.1, -0.05) is 12.1 Å². The molecule has 1 aliphatic heterocycles. The highest BCUT2D eigenvalue weighted by molar-refractivity contribution is 5.80. The van der Waals surface area contributed by atoms with E-state index in [2.05, 4.69) is 4.98 Å². The summed E-state index contributed by atoms with van der Waals surface area (Å²) in [6, 6.07) is 7.47. The summed E-state index contributed by atoms with van der Waals surface area (Å²) in [6.07, 6.45) is 1.68. The molecule has 1 unspecified atom stereocenters. The van der Waals surface area contributed by atoms with Crippen LogP contribution in [0.2, 0.25) is 0 Å². The van der Waals surface area contributed by atoms with Crippen LogP contribution in [0.5, 0.6) is 0 Å². The Labute approximate surface area is 116 Å². The molecule has 1 N–H and O–H groups in total. The number of hydrogen-bond donors (Lipinski definition) is 1. The molecule has 1 fully saturated rings. The Bertz CT molecular complexity index is 610. The van der Waals surface area contributed by atoms with E-state index in [1.807, 2.05) is 28.8 Å². The van der Waals surface area contributed by atoms with Crippen molar-refractivity contribution in [1.29, 1.82) is 0 Å². The second-order valence-electron chi connectivity index (χ2n) is 4.86. The van der Waals surface area contributed by atoms with Crippen LogP contribution in [0.25, 0.3) is 11.0 Å². The Kier molecular flexibility index (Phi) is 3.66. The lowest BCUT2D eigenvalue weighted by molar-refractivity contribution is -0.142. The van der Waals surface area contributed by atoms with E-state index in [-0.39, 0.29) is 25.1 Å². The fraction of sp³-hybridized carbons (Fsp3) is 0.429. The number of carbonyl (C=O) groups excluding carboxylic acids is 1. The number of aliphatic hydroxyl groups is 1. The summed E-state index contributed by atoms with van der Waals surface area (Å²) in [5, 5.41) is 9.32. The molecular weight excluding hydrogens is 258 g/mol. The van der Waals surface area contributed by atoms with Gasteiger partial charge in [0, 0.05) is 6.54 Å². The molecule has 0 bridgehead atoms. The first-order valence-electron chi connectivity index (χ1n) is 6.67. The molecule has 3 rings (SSSR count). The van der Waals surface area contributed by atoms with Crippen LogP contribution in [0.3, 0.4) is 0 Å². The molecule has 0 spiro atoms. The van der Waals surface area contributed by atoms with Gasteiger partial charge in [-0.2, -0.15) is 0 Å². The van der Waals surface area contributed by atoms with E-state index >= 15 is 0 Å². The van der Waals surface area contributed by atoms with Crippen molar-refractivity contribution in [3.8, 4) is 0 Å². The first-order valence-corrected chi connectivity index (χ1v) is 6.67. The summed E-state index contributed by atoms with van der Waals surface area (Å²) in [7, 11) is 0. The number of ether oxygens (including phenoxy) is 1. The Morgan fingerprint density at radius 3 is 3.15 bits per heavy atom. The molecule has 106 valence electrons. The largest absolute Gasteiger partial charge is 0.394 e. The van der Waals surface area contributed by atoms with E-state index < -0.39 is 0 Å². The maximum absolute atomic E-state index is 12.4. The smallest absolute Gasteiger partial charge is 0.243 e. The highest BCUT2D eigenvalue weighted by Gasteiger charge is 2.26. The van der Waals surface area contributed by atoms with E-state index in [1.165, 1.54) is 0 Å². The minimum Gasteiger partial charge on any atom is -0.394 e.